The van der Waals surface area contributed by atoms with Crippen LogP contribution in [0.15, 0.2) is 30.3 Å². The van der Waals surface area contributed by atoms with E-state index in [-0.39, 0.29) is 18.5 Å². The van der Waals surface area contributed by atoms with Gasteiger partial charge >= 0.3 is 5.97 Å². The summed E-state index contributed by atoms with van der Waals surface area (Å²) < 4.78 is 42.9. The Hall–Kier alpha value is -3.16. The van der Waals surface area contributed by atoms with E-state index in [4.69, 9.17) is 14.2 Å². The molecule has 29 heavy (non-hydrogen) atoms. The van der Waals surface area contributed by atoms with Crippen LogP contribution >= 0.6 is 0 Å². The van der Waals surface area contributed by atoms with Gasteiger partial charge in [0.1, 0.15) is 11.6 Å². The molecule has 154 valence electrons. The number of carbonyl (C=O) groups is 2. The second kappa shape index (κ2) is 8.46. The molecule has 1 heterocycles. The van der Waals surface area contributed by atoms with Gasteiger partial charge < -0.3 is 19.1 Å². The summed E-state index contributed by atoms with van der Waals surface area (Å²) in [5.74, 6) is -1.89. The number of esters is 1. The average molecular weight is 405 g/mol. The predicted molar refractivity (Wildman–Crippen MR) is 100 cm³/mol. The fourth-order valence-electron chi connectivity index (χ4n) is 3.55. The number of hydrogen-bond acceptors (Lipinski definition) is 5. The van der Waals surface area contributed by atoms with Gasteiger partial charge in [-0.05, 0) is 41.8 Å². The summed E-state index contributed by atoms with van der Waals surface area (Å²) in [7, 11) is 4.26. The third-order valence-electron chi connectivity index (χ3n) is 5.01. The molecule has 8 heteroatoms. The zero-order valence-electron chi connectivity index (χ0n) is 16.3. The highest BCUT2D eigenvalue weighted by Gasteiger charge is 2.35. The monoisotopic (exact) mass is 405 g/mol. The van der Waals surface area contributed by atoms with Crippen molar-refractivity contribution in [2.45, 2.75) is 18.9 Å². The third kappa shape index (κ3) is 4.01. The summed E-state index contributed by atoms with van der Waals surface area (Å²) in [6, 6.07) is 5.61. The number of nitrogens with zero attached hydrogens (tertiary/aromatic N) is 1. The molecule has 1 amide bonds. The molecule has 0 bridgehead atoms. The SMILES string of the molecule is COC(=O)C[C@@H]1c2cc(OC)c(OC)cc2CCN1C(=O)c1ccc(F)cc1F. The molecule has 0 radical (unpaired) electrons. The summed E-state index contributed by atoms with van der Waals surface area (Å²) in [6.07, 6.45) is 0.357. The lowest BCUT2D eigenvalue weighted by atomic mass is 9.89. The minimum absolute atomic E-state index is 0.118. The van der Waals surface area contributed by atoms with Gasteiger partial charge in [-0.1, -0.05) is 0 Å². The Labute approximate surface area is 167 Å². The van der Waals surface area contributed by atoms with Crippen LogP contribution in [0.25, 0.3) is 0 Å². The zero-order chi connectivity index (χ0) is 21.1. The first-order valence-electron chi connectivity index (χ1n) is 8.97. The molecule has 3 rings (SSSR count). The van der Waals surface area contributed by atoms with E-state index in [9.17, 15) is 18.4 Å². The van der Waals surface area contributed by atoms with Gasteiger partial charge in [-0.25, -0.2) is 8.78 Å². The van der Waals surface area contributed by atoms with Crippen LogP contribution in [0.3, 0.4) is 0 Å². The Morgan fingerprint density at radius 3 is 2.38 bits per heavy atom. The van der Waals surface area contributed by atoms with E-state index >= 15 is 0 Å². The van der Waals surface area contributed by atoms with Crippen molar-refractivity contribution in [1.82, 2.24) is 4.90 Å². The molecule has 0 saturated heterocycles. The molecule has 0 saturated carbocycles. The number of ether oxygens (including phenoxy) is 3. The van der Waals surface area contributed by atoms with Crippen molar-refractivity contribution in [3.63, 3.8) is 0 Å². The fourth-order valence-corrected chi connectivity index (χ4v) is 3.55. The molecule has 0 spiro atoms. The minimum Gasteiger partial charge on any atom is -0.493 e. The first-order chi connectivity index (χ1) is 13.9. The van der Waals surface area contributed by atoms with E-state index in [0.717, 1.165) is 17.7 Å². The maximum Gasteiger partial charge on any atom is 0.307 e. The van der Waals surface area contributed by atoms with Crippen LogP contribution in [-0.2, 0) is 16.0 Å². The number of methoxy groups -OCH3 is 3. The van der Waals surface area contributed by atoms with Crippen molar-refractivity contribution in [1.29, 1.82) is 0 Å². The van der Waals surface area contributed by atoms with Gasteiger partial charge in [0.15, 0.2) is 11.5 Å². The smallest absolute Gasteiger partial charge is 0.307 e. The highest BCUT2D eigenvalue weighted by Crippen LogP contribution is 2.40. The molecule has 2 aromatic rings. The lowest BCUT2D eigenvalue weighted by Crippen LogP contribution is -2.41. The van der Waals surface area contributed by atoms with E-state index in [1.54, 1.807) is 12.1 Å². The Bertz CT molecular complexity index is 947. The summed E-state index contributed by atoms with van der Waals surface area (Å²) in [6.45, 7) is 0.250. The number of rotatable bonds is 5. The van der Waals surface area contributed by atoms with Crippen molar-refractivity contribution < 1.29 is 32.6 Å². The Morgan fingerprint density at radius 1 is 1.07 bits per heavy atom. The van der Waals surface area contributed by atoms with E-state index in [0.29, 0.717) is 29.5 Å². The Morgan fingerprint density at radius 2 is 1.76 bits per heavy atom. The fraction of sp³-hybridized carbons (Fsp3) is 0.333. The van der Waals surface area contributed by atoms with Crippen LogP contribution in [-0.4, -0.2) is 44.7 Å². The van der Waals surface area contributed by atoms with Gasteiger partial charge in [-0.3, -0.25) is 9.59 Å². The normalized spacial score (nSPS) is 15.5. The second-order valence-electron chi connectivity index (χ2n) is 6.57. The maximum atomic E-state index is 14.2. The van der Waals surface area contributed by atoms with Crippen LogP contribution < -0.4 is 9.47 Å². The van der Waals surface area contributed by atoms with Crippen LogP contribution in [0, 0.1) is 11.6 Å². The van der Waals surface area contributed by atoms with Crippen LogP contribution in [0.2, 0.25) is 0 Å². The average Bonchev–Trinajstić information content (AvgIpc) is 2.72. The van der Waals surface area contributed by atoms with E-state index in [1.165, 1.54) is 26.2 Å². The third-order valence-corrected chi connectivity index (χ3v) is 5.01. The van der Waals surface area contributed by atoms with Gasteiger partial charge in [0, 0.05) is 12.6 Å². The molecule has 0 fully saturated rings. The molecule has 0 aliphatic carbocycles. The van der Waals surface area contributed by atoms with E-state index in [2.05, 4.69) is 0 Å². The Balaban J connectivity index is 2.06. The van der Waals surface area contributed by atoms with Crippen molar-refractivity contribution in [3.8, 4) is 11.5 Å². The first-order valence-corrected chi connectivity index (χ1v) is 8.97. The number of halogens is 2. The molecule has 6 nitrogen and oxygen atoms in total. The van der Waals surface area contributed by atoms with Crippen LogP contribution in [0.1, 0.15) is 33.9 Å². The van der Waals surface area contributed by atoms with Crippen LogP contribution in [0.5, 0.6) is 11.5 Å². The first kappa shape index (κ1) is 20.6. The standard InChI is InChI=1S/C21H21F2NO5/c1-27-18-8-12-6-7-24(21(26)14-5-4-13(22)9-16(14)23)17(11-20(25)29-3)15(12)10-19(18)28-2/h4-5,8-10,17H,6-7,11H2,1-3H3/t17-/m1/s1. The van der Waals surface area contributed by atoms with E-state index < -0.39 is 29.6 Å². The molecule has 1 atom stereocenters. The Kier molecular flexibility index (Phi) is 6.00. The number of benzene rings is 2. The molecular weight excluding hydrogens is 384 g/mol. The summed E-state index contributed by atoms with van der Waals surface area (Å²) in [5.41, 5.74) is 1.32. The molecule has 1 aliphatic rings. The lowest BCUT2D eigenvalue weighted by Gasteiger charge is -2.37. The number of fused-ring (bicyclic) bond motifs is 1. The zero-order valence-corrected chi connectivity index (χ0v) is 16.3. The highest BCUT2D eigenvalue weighted by atomic mass is 19.1. The molecule has 0 N–H and O–H groups in total. The molecule has 0 unspecified atom stereocenters. The summed E-state index contributed by atoms with van der Waals surface area (Å²) in [5, 5.41) is 0. The van der Waals surface area contributed by atoms with Gasteiger partial charge in [0.25, 0.3) is 5.91 Å². The number of carbonyl (C=O) groups excluding carboxylic acids is 2. The predicted octanol–water partition coefficient (Wildman–Crippen LogP) is 3.28. The molecular formula is C21H21F2NO5. The summed E-state index contributed by atoms with van der Waals surface area (Å²) in [4.78, 5) is 26.5. The summed E-state index contributed by atoms with van der Waals surface area (Å²) >= 11 is 0. The molecule has 2 aromatic carbocycles. The van der Waals surface area contributed by atoms with Crippen molar-refractivity contribution in [3.05, 3.63) is 58.7 Å². The minimum atomic E-state index is -0.954. The van der Waals surface area contributed by atoms with Gasteiger partial charge in [0.05, 0.1) is 39.4 Å². The van der Waals surface area contributed by atoms with E-state index in [1.807, 2.05) is 0 Å². The molecule has 0 aromatic heterocycles. The van der Waals surface area contributed by atoms with Crippen molar-refractivity contribution >= 4 is 11.9 Å². The largest absolute Gasteiger partial charge is 0.493 e. The number of amides is 1. The van der Waals surface area contributed by atoms with Crippen LogP contribution in [0.4, 0.5) is 8.78 Å². The quantitative estimate of drug-likeness (QED) is 0.715. The van der Waals surface area contributed by atoms with Crippen molar-refractivity contribution in [2.24, 2.45) is 0 Å². The lowest BCUT2D eigenvalue weighted by molar-refractivity contribution is -0.141. The van der Waals surface area contributed by atoms with Gasteiger partial charge in [-0.2, -0.15) is 0 Å². The highest BCUT2D eigenvalue weighted by molar-refractivity contribution is 5.95. The van der Waals surface area contributed by atoms with Gasteiger partial charge in [-0.15, -0.1) is 0 Å². The maximum absolute atomic E-state index is 14.2. The topological polar surface area (TPSA) is 65.1 Å². The number of hydrogen-bond donors (Lipinski definition) is 0. The molecule has 1 aliphatic heterocycles. The van der Waals surface area contributed by atoms with Gasteiger partial charge in [0.2, 0.25) is 0 Å². The second-order valence-corrected chi connectivity index (χ2v) is 6.57. The van der Waals surface area contributed by atoms with Crippen molar-refractivity contribution in [2.75, 3.05) is 27.9 Å².